The lowest BCUT2D eigenvalue weighted by atomic mass is 10.1. The van der Waals surface area contributed by atoms with Gasteiger partial charge in [0.1, 0.15) is 22.6 Å². The molecule has 3 N–H and O–H groups in total. The van der Waals surface area contributed by atoms with Crippen molar-refractivity contribution in [2.45, 2.75) is 40.7 Å². The van der Waals surface area contributed by atoms with E-state index in [1.807, 2.05) is 32.0 Å². The molecule has 11 nitrogen and oxygen atoms in total. The molecule has 5 rings (SSSR count). The van der Waals surface area contributed by atoms with Crippen LogP contribution in [0.2, 0.25) is 0 Å². The van der Waals surface area contributed by atoms with Crippen LogP contribution in [0.15, 0.2) is 47.3 Å². The SMILES string of the molecule is Cc1cc(=O)n2c(C)n[nH]c2n1.Cc1ccc(OC(C)C(=O)Nc2ccc3n[nH]nc3c2)c(C)c1. The third-order valence-corrected chi connectivity index (χ3v) is 5.28. The number of anilines is 1. The van der Waals surface area contributed by atoms with Gasteiger partial charge in [0.25, 0.3) is 11.5 Å². The highest BCUT2D eigenvalue weighted by molar-refractivity contribution is 5.95. The lowest BCUT2D eigenvalue weighted by molar-refractivity contribution is -0.122. The maximum absolute atomic E-state index is 12.3. The zero-order chi connectivity index (χ0) is 25.1. The van der Waals surface area contributed by atoms with Crippen molar-refractivity contribution in [1.82, 2.24) is 35.0 Å². The van der Waals surface area contributed by atoms with Crippen molar-refractivity contribution in [2.24, 2.45) is 0 Å². The van der Waals surface area contributed by atoms with E-state index in [9.17, 15) is 9.59 Å². The lowest BCUT2D eigenvalue weighted by Crippen LogP contribution is -2.30. The number of aromatic amines is 2. The number of fused-ring (bicyclic) bond motifs is 2. The molecule has 1 unspecified atom stereocenters. The van der Waals surface area contributed by atoms with Gasteiger partial charge in [0.2, 0.25) is 5.78 Å². The van der Waals surface area contributed by atoms with Crippen molar-refractivity contribution in [3.8, 4) is 5.75 Å². The number of carbonyl (C=O) groups is 1. The number of nitrogens with zero attached hydrogens (tertiary/aromatic N) is 5. The van der Waals surface area contributed by atoms with E-state index >= 15 is 0 Å². The summed E-state index contributed by atoms with van der Waals surface area (Å²) in [5.74, 6) is 1.62. The van der Waals surface area contributed by atoms with Crippen molar-refractivity contribution in [3.05, 3.63) is 75.5 Å². The van der Waals surface area contributed by atoms with Gasteiger partial charge in [0, 0.05) is 17.4 Å². The minimum Gasteiger partial charge on any atom is -0.481 e. The molecule has 2 aromatic carbocycles. The molecule has 0 saturated carbocycles. The van der Waals surface area contributed by atoms with Crippen LogP contribution >= 0.6 is 0 Å². The highest BCUT2D eigenvalue weighted by Gasteiger charge is 2.16. The Bertz CT molecular complexity index is 1570. The number of rotatable bonds is 4. The predicted molar refractivity (Wildman–Crippen MR) is 132 cm³/mol. The Balaban J connectivity index is 0.000000201. The molecule has 0 radical (unpaired) electrons. The summed E-state index contributed by atoms with van der Waals surface area (Å²) in [5.41, 5.74) is 4.88. The number of hydrogen-bond donors (Lipinski definition) is 3. The Morgan fingerprint density at radius 2 is 1.77 bits per heavy atom. The van der Waals surface area contributed by atoms with Crippen LogP contribution in [0.5, 0.6) is 5.75 Å². The average molecular weight is 475 g/mol. The van der Waals surface area contributed by atoms with E-state index in [-0.39, 0.29) is 11.5 Å². The molecule has 3 aromatic heterocycles. The van der Waals surface area contributed by atoms with Crippen LogP contribution in [-0.2, 0) is 4.79 Å². The van der Waals surface area contributed by atoms with Crippen LogP contribution in [0, 0.1) is 27.7 Å². The van der Waals surface area contributed by atoms with Gasteiger partial charge in [0.15, 0.2) is 6.10 Å². The highest BCUT2D eigenvalue weighted by Crippen LogP contribution is 2.21. The Morgan fingerprint density at radius 1 is 1.00 bits per heavy atom. The highest BCUT2D eigenvalue weighted by atomic mass is 16.5. The van der Waals surface area contributed by atoms with Crippen molar-refractivity contribution >= 4 is 28.4 Å². The predicted octanol–water partition coefficient (Wildman–Crippen LogP) is 3.02. The molecule has 1 atom stereocenters. The van der Waals surface area contributed by atoms with Crippen LogP contribution in [0.25, 0.3) is 16.8 Å². The molecule has 11 heteroatoms. The van der Waals surface area contributed by atoms with E-state index in [2.05, 4.69) is 35.9 Å². The molecule has 1 amide bonds. The molecule has 35 heavy (non-hydrogen) atoms. The zero-order valence-corrected chi connectivity index (χ0v) is 20.1. The molecule has 0 saturated heterocycles. The average Bonchev–Trinajstić information content (AvgIpc) is 3.42. The first-order valence-electron chi connectivity index (χ1n) is 11.0. The second-order valence-electron chi connectivity index (χ2n) is 8.21. The van der Waals surface area contributed by atoms with Crippen molar-refractivity contribution in [2.75, 3.05) is 5.32 Å². The number of amides is 1. The molecule has 5 aromatic rings. The summed E-state index contributed by atoms with van der Waals surface area (Å²) >= 11 is 0. The second-order valence-corrected chi connectivity index (χ2v) is 8.21. The largest absolute Gasteiger partial charge is 0.481 e. The summed E-state index contributed by atoms with van der Waals surface area (Å²) < 4.78 is 7.20. The topological polar surface area (TPSA) is 143 Å². The smallest absolute Gasteiger partial charge is 0.265 e. The van der Waals surface area contributed by atoms with Gasteiger partial charge >= 0.3 is 0 Å². The molecule has 0 bridgehead atoms. The van der Waals surface area contributed by atoms with E-state index in [4.69, 9.17) is 4.74 Å². The summed E-state index contributed by atoms with van der Waals surface area (Å²) in [6, 6.07) is 12.7. The molecular weight excluding hydrogens is 448 g/mol. The molecule has 0 spiro atoms. The first-order chi connectivity index (χ1) is 16.7. The number of benzene rings is 2. The van der Waals surface area contributed by atoms with Gasteiger partial charge in [-0.05, 0) is 64.4 Å². The van der Waals surface area contributed by atoms with Crippen LogP contribution in [0.3, 0.4) is 0 Å². The van der Waals surface area contributed by atoms with E-state index in [1.165, 1.54) is 10.5 Å². The van der Waals surface area contributed by atoms with Crippen LogP contribution in [0.4, 0.5) is 5.69 Å². The van der Waals surface area contributed by atoms with Crippen molar-refractivity contribution < 1.29 is 9.53 Å². The fraction of sp³-hybridized carbons (Fsp3) is 0.250. The number of ether oxygens (including phenoxy) is 1. The van der Waals surface area contributed by atoms with E-state index in [1.54, 1.807) is 39.0 Å². The molecule has 0 aliphatic carbocycles. The fourth-order valence-electron chi connectivity index (χ4n) is 3.50. The van der Waals surface area contributed by atoms with Gasteiger partial charge in [-0.25, -0.2) is 14.5 Å². The fourth-order valence-corrected chi connectivity index (χ4v) is 3.50. The number of aromatic nitrogens is 7. The van der Waals surface area contributed by atoms with Gasteiger partial charge in [0.05, 0.1) is 0 Å². The molecule has 180 valence electrons. The third-order valence-electron chi connectivity index (χ3n) is 5.28. The maximum atomic E-state index is 12.3. The van der Waals surface area contributed by atoms with E-state index in [0.717, 1.165) is 16.6 Å². The Kier molecular flexibility index (Phi) is 6.58. The summed E-state index contributed by atoms with van der Waals surface area (Å²) in [7, 11) is 0. The summed E-state index contributed by atoms with van der Waals surface area (Å²) in [6.45, 7) is 9.24. The normalized spacial score (nSPS) is 11.7. The maximum Gasteiger partial charge on any atom is 0.265 e. The van der Waals surface area contributed by atoms with Gasteiger partial charge in [-0.2, -0.15) is 20.5 Å². The molecule has 0 fully saturated rings. The molecular formula is C24H26N8O3. The van der Waals surface area contributed by atoms with Gasteiger partial charge in [-0.1, -0.05) is 17.7 Å². The van der Waals surface area contributed by atoms with Crippen LogP contribution < -0.4 is 15.6 Å². The van der Waals surface area contributed by atoms with E-state index in [0.29, 0.717) is 34.2 Å². The molecule has 3 heterocycles. The number of nitrogens with one attached hydrogen (secondary N) is 3. The summed E-state index contributed by atoms with van der Waals surface area (Å²) in [5, 5.41) is 19.9. The Hall–Kier alpha value is -4.54. The monoisotopic (exact) mass is 474 g/mol. The van der Waals surface area contributed by atoms with Crippen molar-refractivity contribution in [1.29, 1.82) is 0 Å². The lowest BCUT2D eigenvalue weighted by Gasteiger charge is -2.16. The molecule has 0 aliphatic heterocycles. The number of H-pyrrole nitrogens is 2. The zero-order valence-electron chi connectivity index (χ0n) is 20.1. The quantitative estimate of drug-likeness (QED) is 0.363. The van der Waals surface area contributed by atoms with Gasteiger partial charge in [-0.15, -0.1) is 0 Å². The number of carbonyl (C=O) groups excluding carboxylic acids is 1. The standard InChI is InChI=1S/C17H18N4O2.C7H8N4O/c1-10-4-7-16(11(2)8-10)23-12(3)17(22)18-13-5-6-14-15(9-13)20-21-19-14;1-4-3-6(12)11-5(2)9-10-7(11)8-4/h4-9,12H,1-3H3,(H,18,22)(H,19,20,21);3H,1-2H3,(H,8,10). The Labute approximate surface area is 200 Å². The first-order valence-corrected chi connectivity index (χ1v) is 11.0. The van der Waals surface area contributed by atoms with Crippen LogP contribution in [-0.4, -0.2) is 47.0 Å². The first kappa shape index (κ1) is 23.6. The van der Waals surface area contributed by atoms with Crippen LogP contribution in [0.1, 0.15) is 29.6 Å². The van der Waals surface area contributed by atoms with E-state index < -0.39 is 6.10 Å². The number of hydrogen-bond acceptors (Lipinski definition) is 7. The Morgan fingerprint density at radius 3 is 2.54 bits per heavy atom. The van der Waals surface area contributed by atoms with Gasteiger partial charge < -0.3 is 10.1 Å². The van der Waals surface area contributed by atoms with Gasteiger partial charge in [-0.3, -0.25) is 9.59 Å². The van der Waals surface area contributed by atoms with Crippen molar-refractivity contribution in [3.63, 3.8) is 0 Å². The molecule has 0 aliphatic rings. The summed E-state index contributed by atoms with van der Waals surface area (Å²) in [4.78, 5) is 27.7. The minimum atomic E-state index is -0.607. The number of aryl methyl sites for hydroxylation is 4. The summed E-state index contributed by atoms with van der Waals surface area (Å²) in [6.07, 6.45) is -0.607. The minimum absolute atomic E-state index is 0.0937. The third kappa shape index (κ3) is 5.35. The second kappa shape index (κ2) is 9.75.